The molecule has 0 radical (unpaired) electrons. The van der Waals surface area contributed by atoms with E-state index in [4.69, 9.17) is 14.6 Å². The van der Waals surface area contributed by atoms with Gasteiger partial charge >= 0.3 is 12.1 Å². The first kappa shape index (κ1) is 26.2. The highest BCUT2D eigenvalue weighted by Crippen LogP contribution is 2.42. The molecule has 8 nitrogen and oxygen atoms in total. The van der Waals surface area contributed by atoms with E-state index in [1.54, 1.807) is 24.3 Å². The quantitative estimate of drug-likeness (QED) is 0.597. The Kier molecular flexibility index (Phi) is 8.43. The van der Waals surface area contributed by atoms with Gasteiger partial charge in [-0.1, -0.05) is 0 Å². The first-order valence-electron chi connectivity index (χ1n) is 11.4. The van der Waals surface area contributed by atoms with Gasteiger partial charge in [0.15, 0.2) is 0 Å². The minimum atomic E-state index is -5.08. The molecule has 1 unspecified atom stereocenters. The van der Waals surface area contributed by atoms with Gasteiger partial charge in [0.2, 0.25) is 0 Å². The molecule has 34 heavy (non-hydrogen) atoms. The van der Waals surface area contributed by atoms with E-state index in [0.717, 1.165) is 64.9 Å². The zero-order valence-corrected chi connectivity index (χ0v) is 18.8. The van der Waals surface area contributed by atoms with E-state index in [-0.39, 0.29) is 29.8 Å². The number of halogens is 3. The summed E-state index contributed by atoms with van der Waals surface area (Å²) in [5.74, 6) is -2.53. The number of aromatic hydroxyl groups is 1. The van der Waals surface area contributed by atoms with Crippen LogP contribution in [-0.4, -0.2) is 94.7 Å². The summed E-state index contributed by atoms with van der Waals surface area (Å²) in [6, 6.07) is 6.79. The van der Waals surface area contributed by atoms with Gasteiger partial charge < -0.3 is 25.0 Å². The lowest BCUT2D eigenvalue weighted by atomic mass is 9.76. The molecule has 1 aromatic rings. The fourth-order valence-electron chi connectivity index (χ4n) is 4.94. The Labute approximate surface area is 195 Å². The zero-order chi connectivity index (χ0) is 24.9. The Balaban J connectivity index is 0.000000406. The molecule has 2 atom stereocenters. The lowest BCUT2D eigenvalue weighted by molar-refractivity contribution is -0.192. The molecule has 3 fully saturated rings. The van der Waals surface area contributed by atoms with E-state index in [0.29, 0.717) is 11.6 Å². The van der Waals surface area contributed by atoms with E-state index >= 15 is 0 Å². The minimum absolute atomic E-state index is 0.0446. The van der Waals surface area contributed by atoms with E-state index in [2.05, 4.69) is 4.90 Å². The summed E-state index contributed by atoms with van der Waals surface area (Å²) < 4.78 is 37.9. The summed E-state index contributed by atoms with van der Waals surface area (Å²) in [7, 11) is 0. The van der Waals surface area contributed by atoms with Crippen molar-refractivity contribution in [3.05, 3.63) is 29.8 Å². The topological polar surface area (TPSA) is 111 Å². The van der Waals surface area contributed by atoms with Gasteiger partial charge in [-0.25, -0.2) is 4.79 Å². The van der Waals surface area contributed by atoms with Crippen LogP contribution >= 0.6 is 0 Å². The number of phenolic OH excluding ortho intramolecular Hbond substituents is 1. The number of aliphatic hydroxyl groups excluding tert-OH is 1. The van der Waals surface area contributed by atoms with Gasteiger partial charge in [-0.2, -0.15) is 13.2 Å². The molecule has 3 aliphatic heterocycles. The molecular weight excluding hydrogens is 457 g/mol. The number of rotatable bonds is 4. The monoisotopic (exact) mass is 488 g/mol. The molecule has 1 spiro atoms. The molecule has 190 valence electrons. The largest absolute Gasteiger partial charge is 0.508 e. The number of carbonyl (C=O) groups excluding carboxylic acids is 1. The lowest BCUT2D eigenvalue weighted by Gasteiger charge is -2.38. The van der Waals surface area contributed by atoms with Crippen LogP contribution in [0.2, 0.25) is 0 Å². The number of benzene rings is 1. The number of phenols is 1. The van der Waals surface area contributed by atoms with Crippen LogP contribution in [0, 0.1) is 5.41 Å². The molecule has 1 aromatic carbocycles. The number of aliphatic hydroxyl groups is 1. The van der Waals surface area contributed by atoms with Crippen molar-refractivity contribution in [1.29, 1.82) is 0 Å². The summed E-state index contributed by atoms with van der Waals surface area (Å²) >= 11 is 0. The normalized spacial score (nSPS) is 24.6. The third-order valence-corrected chi connectivity index (χ3v) is 6.90. The second-order valence-corrected chi connectivity index (χ2v) is 9.25. The second-order valence-electron chi connectivity index (χ2n) is 9.25. The van der Waals surface area contributed by atoms with E-state index in [1.807, 2.05) is 4.90 Å². The molecule has 0 aromatic heterocycles. The van der Waals surface area contributed by atoms with E-state index in [9.17, 15) is 28.2 Å². The van der Waals surface area contributed by atoms with Crippen LogP contribution in [0.5, 0.6) is 5.75 Å². The maximum atomic E-state index is 12.7. The van der Waals surface area contributed by atoms with Crippen LogP contribution in [0.25, 0.3) is 0 Å². The molecule has 3 heterocycles. The summed E-state index contributed by atoms with van der Waals surface area (Å²) in [6.07, 6.45) is 0.438. The first-order valence-corrected chi connectivity index (χ1v) is 11.4. The molecule has 1 amide bonds. The molecule has 3 aliphatic rings. The van der Waals surface area contributed by atoms with Gasteiger partial charge in [0.1, 0.15) is 5.75 Å². The van der Waals surface area contributed by atoms with Gasteiger partial charge in [-0.05, 0) is 68.3 Å². The van der Waals surface area contributed by atoms with Crippen molar-refractivity contribution in [3.63, 3.8) is 0 Å². The van der Waals surface area contributed by atoms with Crippen LogP contribution in [0.4, 0.5) is 13.2 Å². The van der Waals surface area contributed by atoms with Gasteiger partial charge in [-0.15, -0.1) is 0 Å². The highest BCUT2D eigenvalue weighted by molar-refractivity contribution is 5.94. The summed E-state index contributed by atoms with van der Waals surface area (Å²) in [4.78, 5) is 25.9. The first-order chi connectivity index (χ1) is 16.0. The molecule has 3 saturated heterocycles. The standard InChI is InChI=1S/C21H30N2O4.C2HF3O2/c24-14-17-2-1-9-23(17)13-19-12-21(15-27-19)7-10-22(11-8-21)20(26)16-3-5-18(25)6-4-16;3-2(4,5)1(6)7/h3-6,17,19,24-25H,1-2,7-15H2;(H,6,7)/t17-,19?;/m0./s1. The SMILES string of the molecule is O=C(O)C(F)(F)F.O=C(c1ccc(O)cc1)N1CCC2(CC1)COC(CN1CCC[C@H]1CO)C2. The molecule has 0 aliphatic carbocycles. The fourth-order valence-corrected chi connectivity index (χ4v) is 4.94. The maximum absolute atomic E-state index is 12.7. The Bertz CT molecular complexity index is 840. The molecule has 3 N–H and O–H groups in total. The Morgan fingerprint density at radius 1 is 1.12 bits per heavy atom. The third kappa shape index (κ3) is 6.61. The Morgan fingerprint density at radius 3 is 2.29 bits per heavy atom. The number of likely N-dealkylation sites (tertiary alicyclic amines) is 2. The molecule has 0 bridgehead atoms. The minimum Gasteiger partial charge on any atom is -0.508 e. The number of carboxylic acid groups (broad SMARTS) is 1. The zero-order valence-electron chi connectivity index (χ0n) is 18.8. The summed E-state index contributed by atoms with van der Waals surface area (Å²) in [5.41, 5.74) is 0.832. The molecule has 11 heteroatoms. The predicted molar refractivity (Wildman–Crippen MR) is 115 cm³/mol. The van der Waals surface area contributed by atoms with Crippen LogP contribution in [0.3, 0.4) is 0 Å². The highest BCUT2D eigenvalue weighted by atomic mass is 19.4. The number of carboxylic acids is 1. The molecular formula is C23H31F3N2O6. The number of nitrogens with zero attached hydrogens (tertiary/aromatic N) is 2. The maximum Gasteiger partial charge on any atom is 0.490 e. The Hall–Kier alpha value is -2.37. The average molecular weight is 489 g/mol. The number of carbonyl (C=O) groups is 2. The van der Waals surface area contributed by atoms with Crippen molar-refractivity contribution in [2.45, 2.75) is 50.4 Å². The number of hydrogen-bond donors (Lipinski definition) is 3. The second kappa shape index (κ2) is 10.9. The Morgan fingerprint density at radius 2 is 1.74 bits per heavy atom. The number of piperidine rings is 1. The van der Waals surface area contributed by atoms with Crippen LogP contribution < -0.4 is 0 Å². The number of hydrogen-bond acceptors (Lipinski definition) is 6. The number of alkyl halides is 3. The third-order valence-electron chi connectivity index (χ3n) is 6.90. The van der Waals surface area contributed by atoms with Crippen LogP contribution in [0.15, 0.2) is 24.3 Å². The van der Waals surface area contributed by atoms with Crippen molar-refractivity contribution in [2.75, 3.05) is 39.4 Å². The molecule has 0 saturated carbocycles. The van der Waals surface area contributed by atoms with Gasteiger partial charge in [-0.3, -0.25) is 9.69 Å². The molecule has 4 rings (SSSR count). The number of ether oxygens (including phenoxy) is 1. The van der Waals surface area contributed by atoms with Gasteiger partial charge in [0.05, 0.1) is 19.3 Å². The van der Waals surface area contributed by atoms with Crippen molar-refractivity contribution in [3.8, 4) is 5.75 Å². The van der Waals surface area contributed by atoms with E-state index in [1.165, 1.54) is 0 Å². The highest BCUT2D eigenvalue weighted by Gasteiger charge is 2.44. The van der Waals surface area contributed by atoms with Crippen molar-refractivity contribution in [1.82, 2.24) is 9.80 Å². The predicted octanol–water partition coefficient (Wildman–Crippen LogP) is 2.49. The van der Waals surface area contributed by atoms with Crippen molar-refractivity contribution >= 4 is 11.9 Å². The van der Waals surface area contributed by atoms with Crippen molar-refractivity contribution in [2.24, 2.45) is 5.41 Å². The number of aliphatic carboxylic acids is 1. The summed E-state index contributed by atoms with van der Waals surface area (Å²) in [5, 5.41) is 26.0. The van der Waals surface area contributed by atoms with Gasteiger partial charge in [0, 0.05) is 31.2 Å². The number of amides is 1. The van der Waals surface area contributed by atoms with Crippen molar-refractivity contribution < 1.29 is 42.8 Å². The smallest absolute Gasteiger partial charge is 0.490 e. The van der Waals surface area contributed by atoms with E-state index < -0.39 is 12.1 Å². The van der Waals surface area contributed by atoms with Gasteiger partial charge in [0.25, 0.3) is 5.91 Å². The lowest BCUT2D eigenvalue weighted by Crippen LogP contribution is -2.44. The van der Waals surface area contributed by atoms with Crippen LogP contribution in [-0.2, 0) is 9.53 Å². The fraction of sp³-hybridized carbons (Fsp3) is 0.652. The summed E-state index contributed by atoms with van der Waals surface area (Å²) in [6.45, 7) is 4.54. The van der Waals surface area contributed by atoms with Crippen LogP contribution in [0.1, 0.15) is 42.5 Å². The average Bonchev–Trinajstić information content (AvgIpc) is 3.41.